The number of unbranched alkanes of at least 4 members (excludes halogenated alkanes) is 1. The second-order valence-corrected chi connectivity index (χ2v) is 10.8. The molecule has 0 bridgehead atoms. The van der Waals surface area contributed by atoms with Crippen LogP contribution in [0.5, 0.6) is 17.2 Å². The van der Waals surface area contributed by atoms with Gasteiger partial charge in [0.15, 0.2) is 0 Å². The summed E-state index contributed by atoms with van der Waals surface area (Å²) in [6.07, 6.45) is 2.51. The Bertz CT molecular complexity index is 1520. The summed E-state index contributed by atoms with van der Waals surface area (Å²) < 4.78 is 18.8. The first-order chi connectivity index (χ1) is 19.6. The van der Waals surface area contributed by atoms with Crippen LogP contribution in [0.3, 0.4) is 0 Å². The van der Waals surface area contributed by atoms with Gasteiger partial charge in [0.25, 0.3) is 0 Å². The van der Waals surface area contributed by atoms with Gasteiger partial charge in [0.05, 0.1) is 23.9 Å². The van der Waals surface area contributed by atoms with E-state index in [1.807, 2.05) is 59.6 Å². The van der Waals surface area contributed by atoms with Crippen LogP contribution >= 0.6 is 15.9 Å². The number of para-hydroxylation sites is 1. The van der Waals surface area contributed by atoms with Crippen LogP contribution in [0.25, 0.3) is 0 Å². The topological polar surface area (TPSA) is 60.4 Å². The van der Waals surface area contributed by atoms with Crippen molar-refractivity contribution in [2.24, 2.45) is 5.10 Å². The minimum atomic E-state index is -0.412. The fourth-order valence-corrected chi connectivity index (χ4v) is 5.22. The summed E-state index contributed by atoms with van der Waals surface area (Å²) in [7, 11) is 0. The highest BCUT2D eigenvalue weighted by Crippen LogP contribution is 2.47. The van der Waals surface area contributed by atoms with Crippen molar-refractivity contribution in [1.82, 2.24) is 5.01 Å². The van der Waals surface area contributed by atoms with Crippen LogP contribution in [0.15, 0.2) is 107 Å². The van der Waals surface area contributed by atoms with Gasteiger partial charge in [0, 0.05) is 22.0 Å². The lowest BCUT2D eigenvalue weighted by Gasteiger charge is -2.38. The highest BCUT2D eigenvalue weighted by Gasteiger charge is 2.40. The van der Waals surface area contributed by atoms with Crippen LogP contribution in [-0.4, -0.2) is 23.3 Å². The van der Waals surface area contributed by atoms with Crippen molar-refractivity contribution in [3.8, 4) is 17.2 Å². The number of fused-ring (bicyclic) bond motifs is 3. The van der Waals surface area contributed by atoms with Crippen LogP contribution in [0.2, 0.25) is 0 Å². The van der Waals surface area contributed by atoms with Gasteiger partial charge in [-0.1, -0.05) is 47.5 Å². The van der Waals surface area contributed by atoms with Gasteiger partial charge >= 0.3 is 5.97 Å². The Kier molecular flexibility index (Phi) is 7.55. The van der Waals surface area contributed by atoms with Crippen molar-refractivity contribution < 1.29 is 19.0 Å². The van der Waals surface area contributed by atoms with E-state index in [1.54, 1.807) is 24.3 Å². The van der Waals surface area contributed by atoms with E-state index < -0.39 is 12.2 Å². The fourth-order valence-electron chi connectivity index (χ4n) is 4.96. The number of carbonyl (C=O) groups is 1. The lowest BCUT2D eigenvalue weighted by atomic mass is 9.96. The SMILES string of the molecule is CCCCOc1ccc(C2=NN3[C@@H](c4ccc(OC(=O)c5ccc(Br)cc5)cc4)Oc4ccccc4[C@@H]3C2)cc1. The summed E-state index contributed by atoms with van der Waals surface area (Å²) in [5, 5.41) is 7.10. The normalized spacial score (nSPS) is 17.4. The number of halogens is 1. The molecule has 0 saturated carbocycles. The van der Waals surface area contributed by atoms with Crippen molar-refractivity contribution >= 4 is 27.6 Å². The zero-order chi connectivity index (χ0) is 27.5. The zero-order valence-electron chi connectivity index (χ0n) is 22.1. The Hall–Kier alpha value is -4.10. The summed E-state index contributed by atoms with van der Waals surface area (Å²) >= 11 is 3.38. The molecule has 0 unspecified atom stereocenters. The van der Waals surface area contributed by atoms with E-state index in [2.05, 4.69) is 41.1 Å². The molecule has 0 spiro atoms. The van der Waals surface area contributed by atoms with Crippen molar-refractivity contribution in [2.45, 2.75) is 38.5 Å². The third kappa shape index (κ3) is 5.47. The highest BCUT2D eigenvalue weighted by molar-refractivity contribution is 9.10. The molecule has 2 atom stereocenters. The van der Waals surface area contributed by atoms with Crippen LogP contribution < -0.4 is 14.2 Å². The van der Waals surface area contributed by atoms with Gasteiger partial charge in [-0.2, -0.15) is 5.10 Å². The maximum absolute atomic E-state index is 12.6. The molecule has 4 aromatic carbocycles. The van der Waals surface area contributed by atoms with Crippen LogP contribution in [0.1, 0.15) is 65.5 Å². The molecule has 0 aromatic heterocycles. The van der Waals surface area contributed by atoms with Gasteiger partial charge in [0.1, 0.15) is 17.2 Å². The number of hydrogen-bond acceptors (Lipinski definition) is 6. The number of nitrogens with zero attached hydrogens (tertiary/aromatic N) is 2. The molecule has 4 aromatic rings. The van der Waals surface area contributed by atoms with Gasteiger partial charge in [0.2, 0.25) is 6.23 Å². The third-order valence-electron chi connectivity index (χ3n) is 7.11. The minimum absolute atomic E-state index is 0.0559. The zero-order valence-corrected chi connectivity index (χ0v) is 23.7. The third-order valence-corrected chi connectivity index (χ3v) is 7.64. The van der Waals surface area contributed by atoms with Gasteiger partial charge in [-0.25, -0.2) is 9.80 Å². The maximum atomic E-state index is 12.6. The Labute approximate surface area is 242 Å². The predicted molar refractivity (Wildman–Crippen MR) is 158 cm³/mol. The van der Waals surface area contributed by atoms with Gasteiger partial charge in [-0.05, 0) is 90.8 Å². The first-order valence-electron chi connectivity index (χ1n) is 13.5. The van der Waals surface area contributed by atoms with Crippen LogP contribution in [0, 0.1) is 0 Å². The monoisotopic (exact) mass is 596 g/mol. The maximum Gasteiger partial charge on any atom is 0.343 e. The van der Waals surface area contributed by atoms with Crippen LogP contribution in [-0.2, 0) is 0 Å². The fraction of sp³-hybridized carbons (Fsp3) is 0.212. The number of benzene rings is 4. The Morgan fingerprint density at radius 1 is 0.950 bits per heavy atom. The summed E-state index contributed by atoms with van der Waals surface area (Å²) in [6, 6.07) is 30.9. The molecular weight excluding hydrogens is 568 g/mol. The standard InChI is InChI=1S/C33H29BrN2O4/c1-2-3-20-38-26-16-10-22(11-17-26)29-21-30-28-6-4-5-7-31(28)40-32(36(30)35-29)23-12-18-27(19-13-23)39-33(37)24-8-14-25(34)15-9-24/h4-19,30,32H,2-3,20-21H2,1H3/t30-,32+/m0/s1. The van der Waals surface area contributed by atoms with E-state index in [4.69, 9.17) is 19.3 Å². The Morgan fingerprint density at radius 2 is 1.68 bits per heavy atom. The van der Waals surface area contributed by atoms with E-state index in [0.717, 1.165) is 64.2 Å². The summed E-state index contributed by atoms with van der Waals surface area (Å²) in [4.78, 5) is 12.6. The van der Waals surface area contributed by atoms with E-state index in [-0.39, 0.29) is 6.04 Å². The number of hydrazone groups is 1. The lowest BCUT2D eigenvalue weighted by Crippen LogP contribution is -2.33. The smallest absolute Gasteiger partial charge is 0.343 e. The molecule has 6 rings (SSSR count). The molecule has 2 heterocycles. The molecule has 0 N–H and O–H groups in total. The molecule has 40 heavy (non-hydrogen) atoms. The van der Waals surface area contributed by atoms with E-state index in [1.165, 1.54) is 0 Å². The van der Waals surface area contributed by atoms with E-state index in [9.17, 15) is 4.79 Å². The van der Waals surface area contributed by atoms with Crippen LogP contribution in [0.4, 0.5) is 0 Å². The molecule has 0 aliphatic carbocycles. The highest BCUT2D eigenvalue weighted by atomic mass is 79.9. The number of rotatable bonds is 8. The number of hydrogen-bond donors (Lipinski definition) is 0. The van der Waals surface area contributed by atoms with E-state index in [0.29, 0.717) is 11.3 Å². The molecular formula is C33H29BrN2O4. The first-order valence-corrected chi connectivity index (χ1v) is 14.3. The quantitative estimate of drug-likeness (QED) is 0.117. The molecule has 0 saturated heterocycles. The molecule has 0 fully saturated rings. The lowest BCUT2D eigenvalue weighted by molar-refractivity contribution is -0.0190. The number of carbonyl (C=O) groups excluding carboxylic acids is 1. The molecule has 6 nitrogen and oxygen atoms in total. The average Bonchev–Trinajstić information content (AvgIpc) is 3.44. The van der Waals surface area contributed by atoms with Crippen molar-refractivity contribution in [2.75, 3.05) is 6.61 Å². The molecule has 2 aliphatic heterocycles. The minimum Gasteiger partial charge on any atom is -0.494 e. The van der Waals surface area contributed by atoms with E-state index >= 15 is 0 Å². The summed E-state index contributed by atoms with van der Waals surface area (Å²) in [5.74, 6) is 1.80. The molecule has 0 amide bonds. The Balaban J connectivity index is 1.23. The largest absolute Gasteiger partial charge is 0.494 e. The van der Waals surface area contributed by atoms with Crippen molar-refractivity contribution in [1.29, 1.82) is 0 Å². The van der Waals surface area contributed by atoms with Gasteiger partial charge in [-0.3, -0.25) is 0 Å². The second kappa shape index (κ2) is 11.6. The number of ether oxygens (including phenoxy) is 3. The molecule has 0 radical (unpaired) electrons. The average molecular weight is 598 g/mol. The van der Waals surface area contributed by atoms with Gasteiger partial charge < -0.3 is 14.2 Å². The Morgan fingerprint density at radius 3 is 2.42 bits per heavy atom. The molecule has 202 valence electrons. The molecule has 2 aliphatic rings. The second-order valence-electron chi connectivity index (χ2n) is 9.85. The summed E-state index contributed by atoms with van der Waals surface area (Å²) in [5.41, 5.74) is 4.62. The first kappa shape index (κ1) is 26.1. The van der Waals surface area contributed by atoms with Gasteiger partial charge in [-0.15, -0.1) is 0 Å². The number of esters is 1. The van der Waals surface area contributed by atoms with Crippen molar-refractivity contribution in [3.63, 3.8) is 0 Å². The summed E-state index contributed by atoms with van der Waals surface area (Å²) in [6.45, 7) is 2.88. The predicted octanol–water partition coefficient (Wildman–Crippen LogP) is 8.09. The molecule has 7 heteroatoms. The van der Waals surface area contributed by atoms with Crippen molar-refractivity contribution in [3.05, 3.63) is 124 Å².